The number of aliphatic hydroxyl groups excluding tert-OH is 3. The summed E-state index contributed by atoms with van der Waals surface area (Å²) in [6.07, 6.45) is -1.03. The first-order chi connectivity index (χ1) is 40.7. The molecule has 16 N–H and O–H groups in total. The second-order valence-corrected chi connectivity index (χ2v) is 22.0. The van der Waals surface area contributed by atoms with E-state index in [1.54, 1.807) is 36.4 Å². The number of nitrogens with zero attached hydrogens (tertiary/aromatic N) is 3. The van der Waals surface area contributed by atoms with Crippen molar-refractivity contribution in [1.29, 1.82) is 0 Å². The first-order valence-electron chi connectivity index (χ1n) is 29.2. The van der Waals surface area contributed by atoms with Gasteiger partial charge >= 0.3 is 0 Å². The summed E-state index contributed by atoms with van der Waals surface area (Å²) in [7, 11) is 0. The molecule has 0 bridgehead atoms. The van der Waals surface area contributed by atoms with Gasteiger partial charge in [0, 0.05) is 44.6 Å². The van der Waals surface area contributed by atoms with E-state index in [9.17, 15) is 54.0 Å². The molecule has 0 saturated carbocycles. The number of nitrogens with one attached hydrogen (secondary N) is 6. The number of guanidine groups is 1. The topological polar surface area (TPSA) is 379 Å². The van der Waals surface area contributed by atoms with Gasteiger partial charge in [-0.1, -0.05) is 74.4 Å². The van der Waals surface area contributed by atoms with Gasteiger partial charge in [0.2, 0.25) is 35.4 Å². The van der Waals surface area contributed by atoms with Gasteiger partial charge in [-0.2, -0.15) is 0 Å². The Morgan fingerprint density at radius 3 is 1.93 bits per heavy atom. The summed E-state index contributed by atoms with van der Waals surface area (Å²) in [6, 6.07) is 17.6. The van der Waals surface area contributed by atoms with Crippen LogP contribution in [-0.2, 0) is 35.2 Å². The number of fused-ring (bicyclic) bond motifs is 2. The number of rotatable bonds is 19. The molecule has 0 unspecified atom stereocenters. The summed E-state index contributed by atoms with van der Waals surface area (Å²) in [6.45, 7) is 5.49. The summed E-state index contributed by atoms with van der Waals surface area (Å²) in [5.74, 6) is -5.40. The molecule has 85 heavy (non-hydrogen) atoms. The van der Waals surface area contributed by atoms with E-state index in [0.717, 1.165) is 57.1 Å². The molecule has 24 heteroatoms. The molecule has 0 spiro atoms. The van der Waals surface area contributed by atoms with E-state index in [1.165, 1.54) is 19.9 Å². The van der Waals surface area contributed by atoms with E-state index in [0.29, 0.717) is 37.4 Å². The molecule has 10 atom stereocenters. The molecule has 3 heterocycles. The van der Waals surface area contributed by atoms with E-state index in [-0.39, 0.29) is 68.9 Å². The molecule has 4 aromatic carbocycles. The van der Waals surface area contributed by atoms with Crippen molar-refractivity contribution < 1.29 is 58.7 Å². The highest BCUT2D eigenvalue weighted by atomic mass is 16.5. The van der Waals surface area contributed by atoms with Crippen molar-refractivity contribution in [2.75, 3.05) is 44.6 Å². The minimum atomic E-state index is -1.72. The van der Waals surface area contributed by atoms with Crippen molar-refractivity contribution in [3.63, 3.8) is 0 Å². The highest BCUT2D eigenvalue weighted by Gasteiger charge is 2.46. The number of benzene rings is 4. The lowest BCUT2D eigenvalue weighted by Crippen LogP contribution is -2.61. The third-order valence-electron chi connectivity index (χ3n) is 15.4. The van der Waals surface area contributed by atoms with Crippen LogP contribution in [0.5, 0.6) is 11.5 Å². The van der Waals surface area contributed by atoms with E-state index in [4.69, 9.17) is 21.9 Å². The number of aliphatic imine (C=N–C) groups is 1. The molecule has 7 amide bonds. The number of aromatic hydroxyl groups is 1. The summed E-state index contributed by atoms with van der Waals surface area (Å²) < 4.78 is 5.87. The van der Waals surface area contributed by atoms with Crippen LogP contribution < -0.4 is 53.8 Å². The predicted molar refractivity (Wildman–Crippen MR) is 319 cm³/mol. The van der Waals surface area contributed by atoms with Crippen LogP contribution in [0, 0.1) is 0 Å². The van der Waals surface area contributed by atoms with Crippen LogP contribution in [0.25, 0.3) is 22.3 Å². The van der Waals surface area contributed by atoms with Gasteiger partial charge in [0.1, 0.15) is 47.8 Å². The molecule has 0 aliphatic carbocycles. The number of carbonyl (C=O) groups excluding carboxylic acids is 7. The number of phenolic OH excluding ortho intramolecular Hbond substituents is 1. The fraction of sp³-hybridized carbons (Fsp3) is 0.475. The molecule has 458 valence electrons. The Balaban J connectivity index is 1.14. The van der Waals surface area contributed by atoms with Crippen LogP contribution in [0.15, 0.2) is 96.0 Å². The first kappa shape index (κ1) is 64.2. The van der Waals surface area contributed by atoms with Crippen molar-refractivity contribution in [2.45, 2.75) is 146 Å². The smallest absolute Gasteiger partial charge is 0.251 e. The van der Waals surface area contributed by atoms with Crippen molar-refractivity contribution in [1.82, 2.24) is 36.4 Å². The number of anilines is 1. The van der Waals surface area contributed by atoms with Crippen LogP contribution in [0.3, 0.4) is 0 Å². The normalized spacial score (nSPS) is 23.4. The number of hydrogen-bond acceptors (Lipinski definition) is 15. The number of hydrogen-bond donors (Lipinski definition) is 13. The number of amides is 7. The van der Waals surface area contributed by atoms with Crippen molar-refractivity contribution >= 4 is 53.0 Å². The van der Waals surface area contributed by atoms with E-state index < -0.39 is 108 Å². The second kappa shape index (κ2) is 30.5. The Morgan fingerprint density at radius 1 is 0.741 bits per heavy atom. The highest BCUT2D eigenvalue weighted by Crippen LogP contribution is 2.29. The fourth-order valence-electron chi connectivity index (χ4n) is 10.7. The average Bonchev–Trinajstić information content (AvgIpc) is 3.83. The monoisotopic (exact) mass is 1170 g/mol. The van der Waals surface area contributed by atoms with Crippen LogP contribution in [0.1, 0.15) is 94.5 Å². The Hall–Kier alpha value is -8.32. The van der Waals surface area contributed by atoms with E-state index in [2.05, 4.69) is 43.8 Å². The zero-order valence-corrected chi connectivity index (χ0v) is 48.4. The minimum absolute atomic E-state index is 0.0437. The van der Waals surface area contributed by atoms with Gasteiger partial charge in [-0.25, -0.2) is 4.99 Å². The van der Waals surface area contributed by atoms with Gasteiger partial charge in [0.05, 0.1) is 36.6 Å². The molecule has 4 aromatic rings. The molecule has 24 nitrogen and oxygen atoms in total. The Morgan fingerprint density at radius 2 is 1.33 bits per heavy atom. The van der Waals surface area contributed by atoms with Gasteiger partial charge in [0.15, 0.2) is 5.96 Å². The maximum Gasteiger partial charge on any atom is 0.251 e. The van der Waals surface area contributed by atoms with Gasteiger partial charge < -0.3 is 84.1 Å². The van der Waals surface area contributed by atoms with Gasteiger partial charge in [0.25, 0.3) is 5.91 Å². The largest absolute Gasteiger partial charge is 0.506 e. The zero-order chi connectivity index (χ0) is 61.3. The number of nitrogens with two attached hydrogens (primary N) is 3. The lowest BCUT2D eigenvalue weighted by molar-refractivity contribution is -0.145. The maximum absolute atomic E-state index is 14.6. The Kier molecular flexibility index (Phi) is 23.0. The molecular formula is C61H82N12O12. The number of aliphatic hydroxyl groups is 3. The molecule has 3 aliphatic heterocycles. The number of ether oxygens (including phenoxy) is 1. The Labute approximate surface area is 494 Å². The van der Waals surface area contributed by atoms with E-state index in [1.807, 2.05) is 48.5 Å². The third kappa shape index (κ3) is 17.4. The van der Waals surface area contributed by atoms with Gasteiger partial charge in [-0.15, -0.1) is 0 Å². The predicted octanol–water partition coefficient (Wildman–Crippen LogP) is 1.12. The molecular weight excluding hydrogens is 1090 g/mol. The minimum Gasteiger partial charge on any atom is -0.506 e. The maximum atomic E-state index is 14.6. The fourth-order valence-corrected chi connectivity index (χ4v) is 10.7. The van der Waals surface area contributed by atoms with Gasteiger partial charge in [-0.05, 0) is 123 Å². The Bertz CT molecular complexity index is 2980. The van der Waals surface area contributed by atoms with Crippen molar-refractivity contribution in [2.24, 2.45) is 22.2 Å². The highest BCUT2D eigenvalue weighted by molar-refractivity contribution is 6.00. The first-order valence-corrected chi connectivity index (χ1v) is 29.2. The summed E-state index contributed by atoms with van der Waals surface area (Å²) in [5.41, 5.74) is 22.0. The quantitative estimate of drug-likeness (QED) is 0.0271. The van der Waals surface area contributed by atoms with Crippen molar-refractivity contribution in [3.8, 4) is 33.8 Å². The lowest BCUT2D eigenvalue weighted by Gasteiger charge is -2.32. The SMILES string of the molecule is CCCCCOc1ccc(-c2ccc(-c3ccc(C(=O)N[C@H]4CCCNC(=O)[C@@H]5C[C@H](N=C(N)N)CN5C(=O)[C@H]([C@@H](C)O)NC(=O)[C@H](CCc5ccc(O)c(NCCCN)c5)NC(=O)[C@@H]5C[C@@H](O)CN5C(=O)[C@H]([C@@H](C)O)NC4=O)cc3)cc2)cc1. The second-order valence-electron chi connectivity index (χ2n) is 22.0. The summed E-state index contributed by atoms with van der Waals surface area (Å²) in [5, 5.41) is 60.3. The number of phenols is 1. The molecule has 3 fully saturated rings. The van der Waals surface area contributed by atoms with Crippen LogP contribution in [-0.4, -0.2) is 177 Å². The number of carbonyl (C=O) groups is 7. The van der Waals surface area contributed by atoms with Crippen LogP contribution in [0.4, 0.5) is 5.69 Å². The molecule has 0 aromatic heterocycles. The summed E-state index contributed by atoms with van der Waals surface area (Å²) >= 11 is 0. The number of unbranched alkanes of at least 4 members (excludes halogenated alkanes) is 2. The molecule has 3 saturated heterocycles. The average molecular weight is 1180 g/mol. The van der Waals surface area contributed by atoms with Crippen molar-refractivity contribution in [3.05, 3.63) is 102 Å². The van der Waals surface area contributed by atoms with Gasteiger partial charge in [-0.3, -0.25) is 33.6 Å². The van der Waals surface area contributed by atoms with E-state index >= 15 is 0 Å². The summed E-state index contributed by atoms with van der Waals surface area (Å²) in [4.78, 5) is 107. The zero-order valence-electron chi connectivity index (χ0n) is 48.4. The standard InChI is InChI=1S/C61H82N12O12/c1-4-5-6-29-85-45-22-20-41(21-23-45)39-14-12-38(13-15-39)40-16-18-42(19-17-40)54(78)68-46-9-7-27-66-57(81)49-31-43(67-61(63)64)33-72(49)59(83)52(35(2)74)71-56(80)47(24-10-37-11-25-51(77)48(30-37)65-28-8-26-62)69-58(82)50-32-44(76)34-73(50)60(84)53(36(3)75)70-55(46)79/h11-23,25,30,35-36,43-44,46-47,49-50,52-53,65,74-77H,4-10,24,26-29,31-34,62H2,1-3H3,(H,66,81)(H,68,78)(H,69,82)(H,70,79)(H,71,80)(H4,63,64,67)/t35-,36-,43+,44-,46+,47+,49+,50+,52+,53+/m1/s1. The number of aryl methyl sites for hydroxylation is 1. The molecule has 0 radical (unpaired) electrons. The van der Waals surface area contributed by atoms with Crippen LogP contribution in [0.2, 0.25) is 0 Å². The lowest BCUT2D eigenvalue weighted by atomic mass is 9.99. The van der Waals surface area contributed by atoms with Crippen LogP contribution >= 0.6 is 0 Å². The third-order valence-corrected chi connectivity index (χ3v) is 15.4. The molecule has 7 rings (SSSR count). The molecule has 3 aliphatic rings.